The summed E-state index contributed by atoms with van der Waals surface area (Å²) in [4.78, 5) is 16.7. The molecule has 0 aliphatic heterocycles. The third-order valence-corrected chi connectivity index (χ3v) is 4.48. The van der Waals surface area contributed by atoms with E-state index in [2.05, 4.69) is 10.3 Å². The van der Waals surface area contributed by atoms with Gasteiger partial charge in [-0.25, -0.2) is 4.98 Å². The number of benzene rings is 2. The van der Waals surface area contributed by atoms with E-state index in [0.29, 0.717) is 32.7 Å². The van der Waals surface area contributed by atoms with Gasteiger partial charge in [0, 0.05) is 5.56 Å². The minimum Gasteiger partial charge on any atom is -0.493 e. The molecule has 0 aliphatic rings. The molecule has 0 aliphatic carbocycles. The van der Waals surface area contributed by atoms with Crippen molar-refractivity contribution in [3.05, 3.63) is 47.0 Å². The van der Waals surface area contributed by atoms with Gasteiger partial charge in [-0.15, -0.1) is 0 Å². The van der Waals surface area contributed by atoms with Gasteiger partial charge in [-0.3, -0.25) is 10.1 Å². The monoisotopic (exact) mass is 348 g/mol. The zero-order chi connectivity index (χ0) is 16.4. The summed E-state index contributed by atoms with van der Waals surface area (Å²) in [7, 11) is 3.07. The molecule has 0 fully saturated rings. The van der Waals surface area contributed by atoms with Crippen LogP contribution in [0.25, 0.3) is 10.2 Å². The number of thiazole rings is 1. The van der Waals surface area contributed by atoms with Gasteiger partial charge in [0.2, 0.25) is 0 Å². The Morgan fingerprint density at radius 1 is 1.17 bits per heavy atom. The fourth-order valence-electron chi connectivity index (χ4n) is 2.12. The van der Waals surface area contributed by atoms with Crippen molar-refractivity contribution in [1.29, 1.82) is 0 Å². The second-order valence-corrected chi connectivity index (χ2v) is 6.07. The largest absolute Gasteiger partial charge is 0.493 e. The highest BCUT2D eigenvalue weighted by molar-refractivity contribution is 7.22. The van der Waals surface area contributed by atoms with E-state index in [4.69, 9.17) is 21.1 Å². The second-order valence-electron chi connectivity index (χ2n) is 4.63. The first kappa shape index (κ1) is 15.6. The molecule has 1 heterocycles. The Morgan fingerprint density at radius 2 is 1.96 bits per heavy atom. The minimum absolute atomic E-state index is 0.277. The van der Waals surface area contributed by atoms with E-state index in [1.807, 2.05) is 12.1 Å². The predicted octanol–water partition coefficient (Wildman–Crippen LogP) is 4.22. The molecule has 23 heavy (non-hydrogen) atoms. The number of para-hydroxylation sites is 1. The number of methoxy groups -OCH3 is 2. The van der Waals surface area contributed by atoms with Crippen molar-refractivity contribution < 1.29 is 14.3 Å². The number of amides is 1. The Hall–Kier alpha value is -2.31. The molecule has 118 valence electrons. The van der Waals surface area contributed by atoms with Crippen LogP contribution in [-0.4, -0.2) is 25.1 Å². The Kier molecular flexibility index (Phi) is 4.36. The molecule has 2 aromatic carbocycles. The Morgan fingerprint density at radius 3 is 2.65 bits per heavy atom. The van der Waals surface area contributed by atoms with Crippen molar-refractivity contribution in [1.82, 2.24) is 4.98 Å². The summed E-state index contributed by atoms with van der Waals surface area (Å²) < 4.78 is 11.3. The maximum Gasteiger partial charge on any atom is 0.257 e. The zero-order valence-electron chi connectivity index (χ0n) is 12.4. The quantitative estimate of drug-likeness (QED) is 0.766. The number of nitrogens with one attached hydrogen (secondary N) is 1. The molecule has 3 rings (SSSR count). The molecule has 0 saturated carbocycles. The van der Waals surface area contributed by atoms with Crippen molar-refractivity contribution in [3.63, 3.8) is 0 Å². The topological polar surface area (TPSA) is 60.5 Å². The van der Waals surface area contributed by atoms with Gasteiger partial charge in [0.05, 0.1) is 23.9 Å². The molecule has 7 heteroatoms. The molecule has 0 saturated heterocycles. The van der Waals surface area contributed by atoms with Gasteiger partial charge in [0.1, 0.15) is 5.52 Å². The number of ether oxygens (including phenoxy) is 2. The van der Waals surface area contributed by atoms with Gasteiger partial charge in [0.15, 0.2) is 16.6 Å². The lowest BCUT2D eigenvalue weighted by atomic mass is 10.2. The number of anilines is 1. The Balaban J connectivity index is 1.87. The van der Waals surface area contributed by atoms with Gasteiger partial charge < -0.3 is 9.47 Å². The van der Waals surface area contributed by atoms with Crippen molar-refractivity contribution in [3.8, 4) is 11.5 Å². The number of carbonyl (C=O) groups is 1. The maximum atomic E-state index is 12.4. The smallest absolute Gasteiger partial charge is 0.257 e. The fraction of sp³-hybridized carbons (Fsp3) is 0.125. The first-order valence-corrected chi connectivity index (χ1v) is 7.90. The summed E-state index contributed by atoms with van der Waals surface area (Å²) >= 11 is 7.47. The highest BCUT2D eigenvalue weighted by Gasteiger charge is 2.13. The van der Waals surface area contributed by atoms with E-state index in [1.54, 1.807) is 31.4 Å². The minimum atomic E-state index is -0.277. The number of nitrogens with zero attached hydrogens (tertiary/aromatic N) is 1. The molecule has 0 atom stereocenters. The number of fused-ring (bicyclic) bond motifs is 1. The molecule has 1 amide bonds. The first-order chi connectivity index (χ1) is 11.1. The molecule has 0 unspecified atom stereocenters. The van der Waals surface area contributed by atoms with Crippen molar-refractivity contribution >= 4 is 44.2 Å². The highest BCUT2D eigenvalue weighted by atomic mass is 35.5. The lowest BCUT2D eigenvalue weighted by Crippen LogP contribution is -2.11. The van der Waals surface area contributed by atoms with E-state index in [0.717, 1.165) is 4.70 Å². The molecule has 3 aromatic rings. The van der Waals surface area contributed by atoms with Gasteiger partial charge >= 0.3 is 0 Å². The van der Waals surface area contributed by atoms with Crippen LogP contribution < -0.4 is 14.8 Å². The molecule has 0 radical (unpaired) electrons. The van der Waals surface area contributed by atoms with Gasteiger partial charge in [0.25, 0.3) is 5.91 Å². The van der Waals surface area contributed by atoms with E-state index >= 15 is 0 Å². The summed E-state index contributed by atoms with van der Waals surface area (Å²) in [6.07, 6.45) is 0. The van der Waals surface area contributed by atoms with Crippen molar-refractivity contribution in [2.24, 2.45) is 0 Å². The second kappa shape index (κ2) is 6.44. The van der Waals surface area contributed by atoms with Crippen LogP contribution in [0.2, 0.25) is 5.02 Å². The van der Waals surface area contributed by atoms with E-state index < -0.39 is 0 Å². The van der Waals surface area contributed by atoms with Gasteiger partial charge in [-0.2, -0.15) is 0 Å². The third kappa shape index (κ3) is 3.09. The summed E-state index contributed by atoms with van der Waals surface area (Å²) in [5.74, 6) is 0.782. The number of aromatic nitrogens is 1. The van der Waals surface area contributed by atoms with Crippen LogP contribution in [0.5, 0.6) is 11.5 Å². The predicted molar refractivity (Wildman–Crippen MR) is 92.1 cm³/mol. The maximum absolute atomic E-state index is 12.4. The molecular weight excluding hydrogens is 336 g/mol. The van der Waals surface area contributed by atoms with Crippen LogP contribution >= 0.6 is 22.9 Å². The highest BCUT2D eigenvalue weighted by Crippen LogP contribution is 2.31. The molecule has 0 spiro atoms. The van der Waals surface area contributed by atoms with Crippen molar-refractivity contribution in [2.75, 3.05) is 19.5 Å². The normalized spacial score (nSPS) is 10.6. The van der Waals surface area contributed by atoms with Crippen LogP contribution in [-0.2, 0) is 0 Å². The van der Waals surface area contributed by atoms with Crippen LogP contribution in [0.3, 0.4) is 0 Å². The lowest BCUT2D eigenvalue weighted by Gasteiger charge is -2.09. The number of rotatable bonds is 4. The van der Waals surface area contributed by atoms with E-state index in [9.17, 15) is 4.79 Å². The standard InChI is InChI=1S/C16H13ClN2O3S/c1-21-11-7-6-9(8-12(11)22-2)15(20)19-16-18-14-10(17)4-3-5-13(14)23-16/h3-8H,1-2H3,(H,18,19,20). The third-order valence-electron chi connectivity index (χ3n) is 3.24. The summed E-state index contributed by atoms with van der Waals surface area (Å²) in [5.41, 5.74) is 1.13. The lowest BCUT2D eigenvalue weighted by molar-refractivity contribution is 0.102. The van der Waals surface area contributed by atoms with E-state index in [1.165, 1.54) is 18.4 Å². The average Bonchev–Trinajstić information content (AvgIpc) is 2.98. The number of halogens is 1. The SMILES string of the molecule is COc1ccc(C(=O)Nc2nc3c(Cl)cccc3s2)cc1OC. The summed E-state index contributed by atoms with van der Waals surface area (Å²) in [6, 6.07) is 10.5. The van der Waals surface area contributed by atoms with E-state index in [-0.39, 0.29) is 5.91 Å². The Bertz CT molecular complexity index is 879. The number of carbonyl (C=O) groups excluding carboxylic acids is 1. The van der Waals surface area contributed by atoms with Crippen LogP contribution in [0, 0.1) is 0 Å². The van der Waals surface area contributed by atoms with Crippen molar-refractivity contribution in [2.45, 2.75) is 0 Å². The first-order valence-electron chi connectivity index (χ1n) is 6.71. The molecule has 1 aromatic heterocycles. The summed E-state index contributed by atoms with van der Waals surface area (Å²) in [6.45, 7) is 0. The molecule has 1 N–H and O–H groups in total. The Labute approximate surface area is 141 Å². The zero-order valence-corrected chi connectivity index (χ0v) is 14.0. The summed E-state index contributed by atoms with van der Waals surface area (Å²) in [5, 5.41) is 3.83. The van der Waals surface area contributed by atoms with Gasteiger partial charge in [-0.05, 0) is 30.3 Å². The molecule has 0 bridgehead atoms. The number of hydrogen-bond acceptors (Lipinski definition) is 5. The molecular formula is C16H13ClN2O3S. The van der Waals surface area contributed by atoms with Crippen LogP contribution in [0.4, 0.5) is 5.13 Å². The van der Waals surface area contributed by atoms with Gasteiger partial charge in [-0.1, -0.05) is 29.0 Å². The molecule has 5 nitrogen and oxygen atoms in total. The fourth-order valence-corrected chi connectivity index (χ4v) is 3.28. The van der Waals surface area contributed by atoms with Crippen LogP contribution in [0.15, 0.2) is 36.4 Å². The average molecular weight is 349 g/mol. The number of hydrogen-bond donors (Lipinski definition) is 1. The van der Waals surface area contributed by atoms with Crippen LogP contribution in [0.1, 0.15) is 10.4 Å².